The van der Waals surface area contributed by atoms with E-state index in [2.05, 4.69) is 13.8 Å². The fourth-order valence-corrected chi connectivity index (χ4v) is 8.01. The minimum Gasteiger partial charge on any atom is -0.371 e. The molecular weight excluding hydrogens is 426 g/mol. The minimum absolute atomic E-state index is 0.0328. The van der Waals surface area contributed by atoms with E-state index in [1.165, 1.54) is 5.57 Å². The molecule has 1 aromatic carbocycles. The highest BCUT2D eigenvalue weighted by atomic mass is 32.2. The van der Waals surface area contributed by atoms with Crippen molar-refractivity contribution in [1.82, 2.24) is 0 Å². The van der Waals surface area contributed by atoms with Crippen LogP contribution < -0.4 is 9.32 Å². The highest BCUT2D eigenvalue weighted by Crippen LogP contribution is 2.65. The van der Waals surface area contributed by atoms with Crippen molar-refractivity contribution in [2.45, 2.75) is 65.2 Å². The first-order valence-corrected chi connectivity index (χ1v) is 13.1. The average molecular weight is 458 g/mol. The molecule has 0 radical (unpaired) electrons. The minimum atomic E-state index is -4.09. The van der Waals surface area contributed by atoms with Gasteiger partial charge in [0.25, 0.3) is 0 Å². The molecule has 2 N–H and O–H groups in total. The Bertz CT molecular complexity index is 1120. The van der Waals surface area contributed by atoms with Crippen LogP contribution in [0.25, 0.3) is 5.57 Å². The summed E-state index contributed by atoms with van der Waals surface area (Å²) in [6, 6.07) is 6.61. The van der Waals surface area contributed by atoms with Gasteiger partial charge in [-0.3, -0.25) is 9.59 Å². The maximum atomic E-state index is 13.1. The van der Waals surface area contributed by atoms with Gasteiger partial charge in [0.15, 0.2) is 5.78 Å². The van der Waals surface area contributed by atoms with E-state index in [4.69, 9.17) is 9.32 Å². The number of hydrogen-bond acceptors (Lipinski definition) is 5. The summed E-state index contributed by atoms with van der Waals surface area (Å²) in [5.74, 6) is 2.27. The lowest BCUT2D eigenvalue weighted by Crippen LogP contribution is -2.51. The van der Waals surface area contributed by atoms with Crippen LogP contribution in [0.4, 0.5) is 0 Å². The van der Waals surface area contributed by atoms with Gasteiger partial charge in [-0.2, -0.15) is 13.6 Å². The highest BCUT2D eigenvalue weighted by molar-refractivity contribution is 7.84. The molecule has 6 nitrogen and oxygen atoms in total. The first kappa shape index (κ1) is 21.8. The first-order valence-electron chi connectivity index (χ1n) is 11.7. The second kappa shape index (κ2) is 7.26. The second-order valence-electron chi connectivity index (χ2n) is 10.6. The van der Waals surface area contributed by atoms with Crippen LogP contribution in [0.5, 0.6) is 5.75 Å². The Morgan fingerprint density at radius 3 is 2.28 bits per heavy atom. The Morgan fingerprint density at radius 2 is 1.59 bits per heavy atom. The van der Waals surface area contributed by atoms with E-state index in [0.717, 1.165) is 56.1 Å². The van der Waals surface area contributed by atoms with Crippen molar-refractivity contribution in [1.29, 1.82) is 0 Å². The quantitative estimate of drug-likeness (QED) is 0.733. The number of rotatable bonds is 3. The van der Waals surface area contributed by atoms with E-state index in [1.807, 2.05) is 0 Å². The van der Waals surface area contributed by atoms with Crippen molar-refractivity contribution >= 4 is 27.4 Å². The lowest BCUT2D eigenvalue weighted by molar-refractivity contribution is -0.132. The molecule has 0 aliphatic heterocycles. The van der Waals surface area contributed by atoms with Crippen LogP contribution in [-0.2, 0) is 19.9 Å². The van der Waals surface area contributed by atoms with Crippen molar-refractivity contribution in [3.05, 3.63) is 35.4 Å². The molecule has 1 aromatic rings. The molecule has 4 aliphatic rings. The Labute approximate surface area is 189 Å². The molecule has 0 saturated heterocycles. The number of allylic oxidation sites excluding steroid dienone is 1. The number of ketones is 2. The van der Waals surface area contributed by atoms with Crippen LogP contribution in [0.15, 0.2) is 29.8 Å². The van der Waals surface area contributed by atoms with Gasteiger partial charge in [-0.25, -0.2) is 0 Å². The normalized spacial score (nSPS) is 37.0. The van der Waals surface area contributed by atoms with E-state index in [-0.39, 0.29) is 22.4 Å². The zero-order chi connectivity index (χ0) is 22.9. The smallest absolute Gasteiger partial charge is 0.371 e. The number of hydrogen-bond donors (Lipinski definition) is 1. The van der Waals surface area contributed by atoms with Gasteiger partial charge in [0.05, 0.1) is 0 Å². The number of nitrogens with two attached hydrogens (primary N) is 1. The predicted octanol–water partition coefficient (Wildman–Crippen LogP) is 4.20. The van der Waals surface area contributed by atoms with Crippen LogP contribution in [0.2, 0.25) is 0 Å². The lowest BCUT2D eigenvalue weighted by Gasteiger charge is -2.57. The zero-order valence-corrected chi connectivity index (χ0v) is 19.5. The molecule has 0 amide bonds. The van der Waals surface area contributed by atoms with Gasteiger partial charge < -0.3 is 4.18 Å². The molecule has 0 unspecified atom stereocenters. The van der Waals surface area contributed by atoms with Crippen molar-refractivity contribution in [3.63, 3.8) is 0 Å². The standard InChI is InChI=1S/C25H31NO5S/c1-24-14-12-21(27)23(15-3-5-16(6-4-15)31-32(26,29)30)20(24)8-7-17-18-9-10-22(28)25(18,2)13-11-19(17)24/h3-6,17-19H,7-14H2,1-2H3,(H2,26,29,30)/t17-,18-,19-,24+,25-/m0/s1. The van der Waals surface area contributed by atoms with Gasteiger partial charge in [-0.15, -0.1) is 0 Å². The summed E-state index contributed by atoms with van der Waals surface area (Å²) < 4.78 is 27.1. The number of fused-ring (bicyclic) bond motifs is 5. The molecule has 172 valence electrons. The zero-order valence-electron chi connectivity index (χ0n) is 18.7. The van der Waals surface area contributed by atoms with Gasteiger partial charge in [-0.1, -0.05) is 31.6 Å². The Balaban J connectivity index is 1.51. The fourth-order valence-electron chi connectivity index (χ4n) is 7.63. The van der Waals surface area contributed by atoms with E-state index >= 15 is 0 Å². The summed E-state index contributed by atoms with van der Waals surface area (Å²) in [5.41, 5.74) is 2.69. The highest BCUT2D eigenvalue weighted by Gasteiger charge is 2.59. The Morgan fingerprint density at radius 1 is 0.906 bits per heavy atom. The van der Waals surface area contributed by atoms with Crippen molar-refractivity contribution < 1.29 is 22.2 Å². The molecule has 0 bridgehead atoms. The molecule has 5 rings (SSSR count). The fraction of sp³-hybridized carbons (Fsp3) is 0.600. The second-order valence-corrected chi connectivity index (χ2v) is 11.8. The number of carbonyl (C=O) groups excluding carboxylic acids is 2. The molecule has 0 heterocycles. The summed E-state index contributed by atoms with van der Waals surface area (Å²) >= 11 is 0. The van der Waals surface area contributed by atoms with Gasteiger partial charge >= 0.3 is 10.3 Å². The predicted molar refractivity (Wildman–Crippen MR) is 121 cm³/mol. The van der Waals surface area contributed by atoms with Crippen LogP contribution in [0.3, 0.4) is 0 Å². The maximum Gasteiger partial charge on any atom is 0.380 e. The van der Waals surface area contributed by atoms with E-state index < -0.39 is 10.3 Å². The van der Waals surface area contributed by atoms with Crippen LogP contribution in [0.1, 0.15) is 70.8 Å². The largest absolute Gasteiger partial charge is 0.380 e. The van der Waals surface area contributed by atoms with Crippen molar-refractivity contribution in [2.24, 2.45) is 33.7 Å². The molecular formula is C25H31NO5S. The average Bonchev–Trinajstić information content (AvgIpc) is 3.03. The summed E-state index contributed by atoms with van der Waals surface area (Å²) in [7, 11) is -4.09. The Kier molecular flexibility index (Phi) is 4.95. The molecule has 5 atom stereocenters. The van der Waals surface area contributed by atoms with Gasteiger partial charge in [0, 0.05) is 23.8 Å². The van der Waals surface area contributed by atoms with E-state index in [1.54, 1.807) is 24.3 Å². The molecule has 3 saturated carbocycles. The number of carbonyl (C=O) groups is 2. The molecule has 3 fully saturated rings. The van der Waals surface area contributed by atoms with Crippen molar-refractivity contribution in [2.75, 3.05) is 0 Å². The van der Waals surface area contributed by atoms with Gasteiger partial charge in [0.2, 0.25) is 0 Å². The van der Waals surface area contributed by atoms with E-state index in [0.29, 0.717) is 30.0 Å². The summed E-state index contributed by atoms with van der Waals surface area (Å²) in [6.45, 7) is 4.53. The molecule has 0 aromatic heterocycles. The summed E-state index contributed by atoms with van der Waals surface area (Å²) in [6.07, 6.45) is 7.06. The molecule has 32 heavy (non-hydrogen) atoms. The third-order valence-electron chi connectivity index (χ3n) is 9.19. The van der Waals surface area contributed by atoms with Crippen molar-refractivity contribution in [3.8, 4) is 5.75 Å². The van der Waals surface area contributed by atoms with Crippen LogP contribution in [0, 0.1) is 28.6 Å². The first-order chi connectivity index (χ1) is 15.0. The summed E-state index contributed by atoms with van der Waals surface area (Å²) in [5, 5.41) is 4.96. The molecule has 7 heteroatoms. The summed E-state index contributed by atoms with van der Waals surface area (Å²) in [4.78, 5) is 25.7. The lowest BCUT2D eigenvalue weighted by atomic mass is 9.46. The van der Waals surface area contributed by atoms with Crippen LogP contribution in [-0.4, -0.2) is 20.0 Å². The van der Waals surface area contributed by atoms with Gasteiger partial charge in [-0.05, 0) is 79.4 Å². The Hall–Kier alpha value is -1.99. The monoisotopic (exact) mass is 457 g/mol. The third-order valence-corrected chi connectivity index (χ3v) is 9.61. The SMILES string of the molecule is C[C@]12CCC(=O)C(c3ccc(OS(N)(=O)=O)cc3)=C1CC[C@@H]1[C@@H]2CC[C@]2(C)C(=O)CC[C@@H]12. The topological polar surface area (TPSA) is 104 Å². The van der Waals surface area contributed by atoms with Gasteiger partial charge in [0.1, 0.15) is 11.5 Å². The van der Waals surface area contributed by atoms with Crippen LogP contribution >= 0.6 is 0 Å². The maximum absolute atomic E-state index is 13.1. The van der Waals surface area contributed by atoms with E-state index in [9.17, 15) is 18.0 Å². The number of benzene rings is 1. The molecule has 0 spiro atoms. The molecule has 4 aliphatic carbocycles. The number of Topliss-reactive ketones (excluding diaryl/α,β-unsaturated/α-hetero) is 2. The third kappa shape index (κ3) is 3.27.